The van der Waals surface area contributed by atoms with Crippen LogP contribution in [0.3, 0.4) is 0 Å². The molecule has 366 valence electrons. The number of unbranched alkanes of at least 4 members (excludes halogenated alkanes) is 12. The molecule has 0 rings (SSSR count). The van der Waals surface area contributed by atoms with Crippen molar-refractivity contribution in [3.05, 3.63) is 12.3 Å². The zero-order chi connectivity index (χ0) is 47.3. The van der Waals surface area contributed by atoms with Crippen molar-refractivity contribution < 1.29 is 33.9 Å². The minimum absolute atomic E-state index is 0.0316. The Morgan fingerprint density at radius 3 is 1.70 bits per heavy atom. The normalized spacial score (nSPS) is 13.7. The molecule has 0 saturated carbocycles. The van der Waals surface area contributed by atoms with E-state index in [1.807, 2.05) is 20.8 Å². The molecule has 0 bridgehead atoms. The van der Waals surface area contributed by atoms with Gasteiger partial charge in [-0.25, -0.2) is 0 Å². The molecule has 0 fully saturated rings. The molecule has 0 aliphatic rings. The number of rotatable bonds is 42. The van der Waals surface area contributed by atoms with Crippen molar-refractivity contribution in [1.29, 1.82) is 0 Å². The van der Waals surface area contributed by atoms with Gasteiger partial charge in [-0.3, -0.25) is 34.1 Å². The van der Waals surface area contributed by atoms with Gasteiger partial charge >= 0.3 is 0 Å². The molecule has 16 nitrogen and oxygen atoms in total. The van der Waals surface area contributed by atoms with Crippen LogP contribution in [-0.4, -0.2) is 116 Å². The van der Waals surface area contributed by atoms with E-state index >= 15 is 0 Å². The van der Waals surface area contributed by atoms with Gasteiger partial charge in [-0.05, 0) is 82.0 Å². The summed E-state index contributed by atoms with van der Waals surface area (Å²) in [4.78, 5) is 78.6. The van der Waals surface area contributed by atoms with E-state index in [-0.39, 0.29) is 56.0 Å². The van der Waals surface area contributed by atoms with Crippen LogP contribution in [0, 0.1) is 5.92 Å². The van der Waals surface area contributed by atoms with Gasteiger partial charge in [0.05, 0.1) is 25.7 Å². The number of carbonyl (C=O) groups is 6. The summed E-state index contributed by atoms with van der Waals surface area (Å²) < 4.78 is 0. The molecule has 5 amide bonds. The van der Waals surface area contributed by atoms with E-state index in [0.717, 1.165) is 44.9 Å². The summed E-state index contributed by atoms with van der Waals surface area (Å²) in [5.74, 6) is -2.40. The van der Waals surface area contributed by atoms with E-state index in [1.54, 1.807) is 0 Å². The Kier molecular flexibility index (Phi) is 37.1. The van der Waals surface area contributed by atoms with E-state index in [0.29, 0.717) is 56.3 Å². The van der Waals surface area contributed by atoms with Crippen LogP contribution in [0.1, 0.15) is 163 Å². The maximum absolute atomic E-state index is 13.8. The van der Waals surface area contributed by atoms with Crippen molar-refractivity contribution in [2.45, 2.75) is 192 Å². The van der Waals surface area contributed by atoms with Crippen LogP contribution in [0.2, 0.25) is 0 Å². The number of carbonyl (C=O) groups excluding carboxylic acids is 6. The summed E-state index contributed by atoms with van der Waals surface area (Å²) in [5, 5.41) is 30.2. The van der Waals surface area contributed by atoms with Crippen LogP contribution in [-0.2, 0) is 28.8 Å². The molecule has 0 aromatic carbocycles. The first-order chi connectivity index (χ1) is 30.1. The van der Waals surface area contributed by atoms with Gasteiger partial charge in [0.15, 0.2) is 0 Å². The molecule has 17 heteroatoms. The van der Waals surface area contributed by atoms with Gasteiger partial charge in [-0.1, -0.05) is 98.5 Å². The average molecular weight is 912 g/mol. The quantitative estimate of drug-likeness (QED) is 0.0313. The summed E-state index contributed by atoms with van der Waals surface area (Å²) in [5.41, 5.74) is 11.7. The van der Waals surface area contributed by atoms with E-state index < -0.39 is 48.5 Å². The van der Waals surface area contributed by atoms with Crippen LogP contribution in [0.15, 0.2) is 12.3 Å². The lowest BCUT2D eigenvalue weighted by Gasteiger charge is -2.26. The Morgan fingerprint density at radius 2 is 1.14 bits per heavy atom. The number of hydrogen-bond donors (Lipinski definition) is 11. The molecule has 0 saturated heterocycles. The summed E-state index contributed by atoms with van der Waals surface area (Å²) in [6.07, 6.45) is 18.0. The maximum atomic E-state index is 13.8. The monoisotopic (exact) mass is 912 g/mol. The standard InChI is InChI=1S/C46H89N9O7S/c1-6-26-49-32-42(58)53-41(33-56)46(62)54-38(45(61)55-40(29-34(2)3)44(60)51-27-20-15-19-25-47)24-18-21-28-50-43(59)39(30-35(4)48)52-31-37(57)23-17-14-12-10-8-7-9-11-13-16-22-36(5)63/h34,36,38-41,49,52,56,63H,4,6-33,47-48H2,1-3,5H3,(H,50,59)(H,51,60)(H,53,58)(H,54,62)(H,55,61)/t36?,38?,39-,40+,41?/m1/s1. The third-order valence-corrected chi connectivity index (χ3v) is 10.8. The van der Waals surface area contributed by atoms with Gasteiger partial charge < -0.3 is 48.5 Å². The van der Waals surface area contributed by atoms with E-state index in [1.165, 1.54) is 51.4 Å². The average Bonchev–Trinajstić information content (AvgIpc) is 3.23. The van der Waals surface area contributed by atoms with Gasteiger partial charge in [0, 0.05) is 31.6 Å². The Balaban J connectivity index is 5.25. The van der Waals surface area contributed by atoms with E-state index in [2.05, 4.69) is 63.3 Å². The fourth-order valence-corrected chi connectivity index (χ4v) is 7.13. The zero-order valence-corrected chi connectivity index (χ0v) is 40.4. The molecule has 0 aliphatic carbocycles. The number of ketones is 1. The Morgan fingerprint density at radius 1 is 0.619 bits per heavy atom. The van der Waals surface area contributed by atoms with Gasteiger partial charge in [0.1, 0.15) is 23.9 Å². The number of hydrogen-bond acceptors (Lipinski definition) is 12. The molecule has 5 atom stereocenters. The van der Waals surface area contributed by atoms with Crippen LogP contribution < -0.4 is 48.7 Å². The first kappa shape index (κ1) is 59.8. The van der Waals surface area contributed by atoms with Crippen LogP contribution in [0.4, 0.5) is 0 Å². The summed E-state index contributed by atoms with van der Waals surface area (Å²) in [7, 11) is 0. The molecule has 3 unspecified atom stereocenters. The molecular formula is C46H89N9O7S. The topological polar surface area (TPSA) is 259 Å². The van der Waals surface area contributed by atoms with Crippen LogP contribution in [0.5, 0.6) is 0 Å². The number of amides is 5. The fraction of sp³-hybridized carbons (Fsp3) is 0.826. The van der Waals surface area contributed by atoms with Gasteiger partial charge in [0.25, 0.3) is 0 Å². The number of thiol groups is 1. The molecule has 0 aliphatic heterocycles. The largest absolute Gasteiger partial charge is 0.402 e. The molecule has 0 aromatic heterocycles. The van der Waals surface area contributed by atoms with Gasteiger partial charge in [-0.2, -0.15) is 12.6 Å². The second kappa shape index (κ2) is 39.1. The third kappa shape index (κ3) is 33.9. The Hall–Kier alpha value is -3.25. The minimum Gasteiger partial charge on any atom is -0.402 e. The first-order valence-corrected chi connectivity index (χ1v) is 24.5. The van der Waals surface area contributed by atoms with Crippen molar-refractivity contribution >= 4 is 47.9 Å². The predicted octanol–water partition coefficient (Wildman–Crippen LogP) is 3.40. The van der Waals surface area contributed by atoms with Crippen LogP contribution >= 0.6 is 12.6 Å². The predicted molar refractivity (Wildman–Crippen MR) is 257 cm³/mol. The highest BCUT2D eigenvalue weighted by molar-refractivity contribution is 7.80. The highest BCUT2D eigenvalue weighted by Gasteiger charge is 2.30. The first-order valence-electron chi connectivity index (χ1n) is 24.0. The number of nitrogens with two attached hydrogens (primary N) is 2. The lowest BCUT2D eigenvalue weighted by molar-refractivity contribution is -0.134. The molecule has 0 heterocycles. The lowest BCUT2D eigenvalue weighted by Crippen LogP contribution is -2.58. The molecule has 0 radical (unpaired) electrons. The zero-order valence-electron chi connectivity index (χ0n) is 39.5. The SMILES string of the molecule is C=C(N)C[C@@H](NCC(=O)CCCCCCCCCCCCC(C)S)C(=O)NCCCCC(NC(=O)C(CO)NC(=O)CNCCC)C(=O)N[C@@H](CC(C)C)C(=O)NCCCCCN. The molecule has 63 heavy (non-hydrogen) atoms. The van der Waals surface area contributed by atoms with Crippen molar-refractivity contribution in [3.63, 3.8) is 0 Å². The minimum atomic E-state index is -1.31. The number of Topliss-reactive ketones (excluding diaryl/α,β-unsaturated/α-hetero) is 1. The lowest BCUT2D eigenvalue weighted by atomic mass is 10.0. The number of aliphatic hydroxyl groups is 1. The maximum Gasteiger partial charge on any atom is 0.245 e. The third-order valence-electron chi connectivity index (χ3n) is 10.6. The highest BCUT2D eigenvalue weighted by Crippen LogP contribution is 2.14. The Bertz CT molecular complexity index is 1290. The van der Waals surface area contributed by atoms with Crippen molar-refractivity contribution in [1.82, 2.24) is 37.2 Å². The van der Waals surface area contributed by atoms with Gasteiger partial charge in [-0.15, -0.1) is 0 Å². The fourth-order valence-electron chi connectivity index (χ4n) is 6.94. The van der Waals surface area contributed by atoms with Gasteiger partial charge in [0.2, 0.25) is 29.5 Å². The molecular weight excluding hydrogens is 823 g/mol. The smallest absolute Gasteiger partial charge is 0.245 e. The van der Waals surface area contributed by atoms with Crippen molar-refractivity contribution in [2.75, 3.05) is 45.9 Å². The molecule has 12 N–H and O–H groups in total. The summed E-state index contributed by atoms with van der Waals surface area (Å²) >= 11 is 4.44. The summed E-state index contributed by atoms with van der Waals surface area (Å²) in [6, 6.07) is -4.03. The highest BCUT2D eigenvalue weighted by atomic mass is 32.1. The second-order valence-electron chi connectivity index (χ2n) is 17.4. The van der Waals surface area contributed by atoms with Crippen LogP contribution in [0.25, 0.3) is 0 Å². The summed E-state index contributed by atoms with van der Waals surface area (Å²) in [6.45, 7) is 12.8. The van der Waals surface area contributed by atoms with Crippen molar-refractivity contribution in [3.8, 4) is 0 Å². The number of aliphatic hydroxyl groups excluding tert-OH is 1. The second-order valence-corrected chi connectivity index (χ2v) is 18.3. The number of nitrogens with one attached hydrogen (secondary N) is 7. The molecule has 0 aromatic rings. The van der Waals surface area contributed by atoms with Crippen molar-refractivity contribution in [2.24, 2.45) is 17.4 Å². The van der Waals surface area contributed by atoms with E-state index in [4.69, 9.17) is 11.5 Å². The Labute approximate surface area is 385 Å². The molecule has 0 spiro atoms. The van der Waals surface area contributed by atoms with E-state index in [9.17, 15) is 33.9 Å².